The van der Waals surface area contributed by atoms with E-state index in [0.717, 1.165) is 25.0 Å². The second-order valence-electron chi connectivity index (χ2n) is 5.50. The monoisotopic (exact) mass is 282 g/mol. The molecule has 2 rings (SSSR count). The van der Waals surface area contributed by atoms with Gasteiger partial charge in [0, 0.05) is 19.1 Å². The van der Waals surface area contributed by atoms with Crippen LogP contribution in [0.2, 0.25) is 0 Å². The van der Waals surface area contributed by atoms with Gasteiger partial charge in [-0.3, -0.25) is 4.79 Å². The first-order valence-corrected chi connectivity index (χ1v) is 6.92. The van der Waals surface area contributed by atoms with Crippen LogP contribution < -0.4 is 5.73 Å². The van der Waals surface area contributed by atoms with Crippen molar-refractivity contribution in [1.82, 2.24) is 4.90 Å². The lowest BCUT2D eigenvalue weighted by molar-refractivity contribution is 0.0527. The summed E-state index contributed by atoms with van der Waals surface area (Å²) < 4.78 is 27.5. The highest BCUT2D eigenvalue weighted by Gasteiger charge is 2.32. The van der Waals surface area contributed by atoms with Crippen LogP contribution in [0.15, 0.2) is 12.1 Å². The van der Waals surface area contributed by atoms with E-state index < -0.39 is 17.5 Å². The fourth-order valence-corrected chi connectivity index (χ4v) is 2.83. The number of likely N-dealkylation sites (tertiary alicyclic amines) is 1. The molecule has 1 aromatic rings. The molecule has 2 N–H and O–H groups in total. The number of carbonyl (C=O) groups is 1. The summed E-state index contributed by atoms with van der Waals surface area (Å²) >= 11 is 0. The van der Waals surface area contributed by atoms with E-state index in [-0.39, 0.29) is 23.1 Å². The molecule has 0 bridgehead atoms. The molecule has 1 saturated heterocycles. The van der Waals surface area contributed by atoms with Crippen LogP contribution in [0.4, 0.5) is 8.78 Å². The van der Waals surface area contributed by atoms with Gasteiger partial charge in [0.25, 0.3) is 5.91 Å². The van der Waals surface area contributed by atoms with E-state index in [0.29, 0.717) is 13.1 Å². The smallest absolute Gasteiger partial charge is 0.257 e. The summed E-state index contributed by atoms with van der Waals surface area (Å²) in [6.07, 6.45) is 1.86. The first-order chi connectivity index (χ1) is 9.45. The van der Waals surface area contributed by atoms with Gasteiger partial charge in [0.05, 0.1) is 5.56 Å². The molecule has 2 atom stereocenters. The minimum Gasteiger partial charge on any atom is -0.334 e. The number of benzene rings is 1. The summed E-state index contributed by atoms with van der Waals surface area (Å²) in [5, 5.41) is 0. The Morgan fingerprint density at radius 2 is 2.10 bits per heavy atom. The Bertz CT molecular complexity index is 519. The van der Waals surface area contributed by atoms with E-state index in [2.05, 4.69) is 0 Å². The van der Waals surface area contributed by atoms with Crippen LogP contribution >= 0.6 is 0 Å². The van der Waals surface area contributed by atoms with E-state index in [1.165, 1.54) is 6.92 Å². The second-order valence-corrected chi connectivity index (χ2v) is 5.50. The molecular formula is C15H20F2N2O. The van der Waals surface area contributed by atoms with Gasteiger partial charge in [0.2, 0.25) is 0 Å². The number of hydrogen-bond donors (Lipinski definition) is 1. The molecule has 0 aromatic heterocycles. The molecule has 0 radical (unpaired) electrons. The number of nitrogens with two attached hydrogens (primary N) is 1. The number of aryl methyl sites for hydroxylation is 1. The molecule has 1 heterocycles. The van der Waals surface area contributed by atoms with Crippen molar-refractivity contribution in [3.05, 3.63) is 34.9 Å². The average Bonchev–Trinajstić information content (AvgIpc) is 2.41. The lowest BCUT2D eigenvalue weighted by atomic mass is 9.90. The molecule has 1 aliphatic heterocycles. The number of nitrogens with zero attached hydrogens (tertiary/aromatic N) is 1. The normalized spacial score (nSPS) is 22.9. The molecule has 1 amide bonds. The van der Waals surface area contributed by atoms with Crippen molar-refractivity contribution in [2.45, 2.75) is 32.7 Å². The van der Waals surface area contributed by atoms with E-state index in [1.807, 2.05) is 6.92 Å². The SMILES string of the molecule is Cc1cc(F)c(C(=O)N2CCC[C@@H](C)[C@H]2CN)cc1F. The molecule has 0 spiro atoms. The summed E-state index contributed by atoms with van der Waals surface area (Å²) in [6, 6.07) is 1.94. The summed E-state index contributed by atoms with van der Waals surface area (Å²) in [5.41, 5.74) is 5.72. The quantitative estimate of drug-likeness (QED) is 0.905. The highest BCUT2D eigenvalue weighted by atomic mass is 19.1. The predicted molar refractivity (Wildman–Crippen MR) is 73.4 cm³/mol. The van der Waals surface area contributed by atoms with E-state index in [9.17, 15) is 13.6 Å². The Morgan fingerprint density at radius 1 is 1.40 bits per heavy atom. The fourth-order valence-electron chi connectivity index (χ4n) is 2.83. The van der Waals surface area contributed by atoms with Crippen molar-refractivity contribution in [2.75, 3.05) is 13.1 Å². The van der Waals surface area contributed by atoms with Crippen molar-refractivity contribution >= 4 is 5.91 Å². The summed E-state index contributed by atoms with van der Waals surface area (Å²) in [6.45, 7) is 4.38. The van der Waals surface area contributed by atoms with E-state index in [4.69, 9.17) is 5.73 Å². The van der Waals surface area contributed by atoms with Gasteiger partial charge < -0.3 is 10.6 Å². The van der Waals surface area contributed by atoms with Gasteiger partial charge in [-0.05, 0) is 43.4 Å². The third kappa shape index (κ3) is 2.68. The summed E-state index contributed by atoms with van der Waals surface area (Å²) in [5.74, 6) is -1.44. The maximum absolute atomic E-state index is 13.9. The van der Waals surface area contributed by atoms with Gasteiger partial charge in [0.1, 0.15) is 11.6 Å². The van der Waals surface area contributed by atoms with Crippen molar-refractivity contribution in [3.63, 3.8) is 0 Å². The van der Waals surface area contributed by atoms with Crippen LogP contribution in [0.1, 0.15) is 35.7 Å². The van der Waals surface area contributed by atoms with Crippen molar-refractivity contribution < 1.29 is 13.6 Å². The standard InChI is InChI=1S/C15H20F2N2O/c1-9-4-3-5-19(14(9)8-18)15(20)11-7-12(16)10(2)6-13(11)17/h6-7,9,14H,3-5,8,18H2,1-2H3/t9-,14-/m1/s1. The topological polar surface area (TPSA) is 46.3 Å². The lowest BCUT2D eigenvalue weighted by Gasteiger charge is -2.39. The van der Waals surface area contributed by atoms with Crippen molar-refractivity contribution in [3.8, 4) is 0 Å². The lowest BCUT2D eigenvalue weighted by Crippen LogP contribution is -2.51. The average molecular weight is 282 g/mol. The number of piperidine rings is 1. The Morgan fingerprint density at radius 3 is 2.75 bits per heavy atom. The van der Waals surface area contributed by atoms with Crippen LogP contribution in [0.5, 0.6) is 0 Å². The zero-order valence-corrected chi connectivity index (χ0v) is 11.8. The van der Waals surface area contributed by atoms with Gasteiger partial charge in [0.15, 0.2) is 0 Å². The largest absolute Gasteiger partial charge is 0.334 e. The van der Waals surface area contributed by atoms with Gasteiger partial charge >= 0.3 is 0 Å². The van der Waals surface area contributed by atoms with Crippen LogP contribution in [0.3, 0.4) is 0 Å². The molecule has 1 aliphatic rings. The van der Waals surface area contributed by atoms with Crippen LogP contribution in [0, 0.1) is 24.5 Å². The maximum Gasteiger partial charge on any atom is 0.257 e. The third-order valence-electron chi connectivity index (χ3n) is 4.10. The molecule has 0 saturated carbocycles. The Labute approximate surface area is 117 Å². The Balaban J connectivity index is 2.33. The van der Waals surface area contributed by atoms with Crippen molar-refractivity contribution in [2.24, 2.45) is 11.7 Å². The van der Waals surface area contributed by atoms with Crippen LogP contribution in [-0.4, -0.2) is 29.9 Å². The molecule has 1 fully saturated rings. The highest BCUT2D eigenvalue weighted by Crippen LogP contribution is 2.25. The van der Waals surface area contributed by atoms with Crippen molar-refractivity contribution in [1.29, 1.82) is 0 Å². The first-order valence-electron chi connectivity index (χ1n) is 6.92. The summed E-state index contributed by atoms with van der Waals surface area (Å²) in [4.78, 5) is 14.0. The molecule has 3 nitrogen and oxygen atoms in total. The van der Waals surface area contributed by atoms with Gasteiger partial charge in [-0.25, -0.2) is 8.78 Å². The minimum absolute atomic E-state index is 0.111. The van der Waals surface area contributed by atoms with Gasteiger partial charge in [-0.15, -0.1) is 0 Å². The van der Waals surface area contributed by atoms with E-state index in [1.54, 1.807) is 4.90 Å². The number of amides is 1. The predicted octanol–water partition coefficient (Wildman–Crippen LogP) is 2.47. The number of rotatable bonds is 2. The zero-order valence-electron chi connectivity index (χ0n) is 11.8. The van der Waals surface area contributed by atoms with Crippen LogP contribution in [-0.2, 0) is 0 Å². The molecule has 0 unspecified atom stereocenters. The molecule has 5 heteroatoms. The van der Waals surface area contributed by atoms with Gasteiger partial charge in [-0.2, -0.15) is 0 Å². The molecule has 1 aromatic carbocycles. The maximum atomic E-state index is 13.9. The Kier molecular flexibility index (Phi) is 4.38. The number of carbonyl (C=O) groups excluding carboxylic acids is 1. The minimum atomic E-state index is -0.678. The zero-order chi connectivity index (χ0) is 14.9. The third-order valence-corrected chi connectivity index (χ3v) is 4.10. The fraction of sp³-hybridized carbons (Fsp3) is 0.533. The summed E-state index contributed by atoms with van der Waals surface area (Å²) in [7, 11) is 0. The molecular weight excluding hydrogens is 262 g/mol. The Hall–Kier alpha value is -1.49. The number of halogens is 2. The second kappa shape index (κ2) is 5.87. The van der Waals surface area contributed by atoms with Gasteiger partial charge in [-0.1, -0.05) is 6.92 Å². The first kappa shape index (κ1) is 14.9. The molecule has 110 valence electrons. The molecule has 0 aliphatic carbocycles. The van der Waals surface area contributed by atoms with Crippen LogP contribution in [0.25, 0.3) is 0 Å². The highest BCUT2D eigenvalue weighted by molar-refractivity contribution is 5.95. The molecule has 20 heavy (non-hydrogen) atoms. The number of hydrogen-bond acceptors (Lipinski definition) is 2. The van der Waals surface area contributed by atoms with E-state index >= 15 is 0 Å².